The lowest BCUT2D eigenvalue weighted by Gasteiger charge is -2.21. The van der Waals surface area contributed by atoms with Crippen molar-refractivity contribution in [3.8, 4) is 0 Å². The van der Waals surface area contributed by atoms with E-state index in [0.717, 1.165) is 6.42 Å². The molecule has 4 nitrogen and oxygen atoms in total. The number of hydrogen-bond donors (Lipinski definition) is 2. The van der Waals surface area contributed by atoms with E-state index in [2.05, 4.69) is 5.32 Å². The lowest BCUT2D eigenvalue weighted by molar-refractivity contribution is -0.167. The Morgan fingerprint density at radius 2 is 1.76 bits per heavy atom. The van der Waals surface area contributed by atoms with Crippen molar-refractivity contribution in [1.29, 1.82) is 0 Å². The van der Waals surface area contributed by atoms with E-state index in [1.165, 1.54) is 44.2 Å². The van der Waals surface area contributed by atoms with Gasteiger partial charge in [0, 0.05) is 18.7 Å². The Hall–Kier alpha value is -2.05. The van der Waals surface area contributed by atoms with Crippen LogP contribution >= 0.6 is 0 Å². The molecule has 2 amide bonds. The highest BCUT2D eigenvalue weighted by Crippen LogP contribution is 2.27. The maximum Gasteiger partial charge on any atom is 0.471 e. The quantitative estimate of drug-likeness (QED) is 0.804. The molecule has 2 rings (SSSR count). The summed E-state index contributed by atoms with van der Waals surface area (Å²) in [5.41, 5.74) is 0.489. The molecular formula is C18H23F3N2O2. The number of nitrogens with one attached hydrogen (secondary N) is 2. The predicted octanol–water partition coefficient (Wildman–Crippen LogP) is 4.16. The molecule has 0 radical (unpaired) electrons. The largest absolute Gasteiger partial charge is 0.471 e. The third-order valence-electron chi connectivity index (χ3n) is 4.50. The average Bonchev–Trinajstić information content (AvgIpc) is 2.59. The average molecular weight is 356 g/mol. The predicted molar refractivity (Wildman–Crippen MR) is 88.8 cm³/mol. The van der Waals surface area contributed by atoms with Crippen molar-refractivity contribution in [1.82, 2.24) is 5.32 Å². The summed E-state index contributed by atoms with van der Waals surface area (Å²) in [6, 6.07) is 6.13. The van der Waals surface area contributed by atoms with Gasteiger partial charge in [0.05, 0.1) is 0 Å². The molecule has 0 spiro atoms. The Labute approximate surface area is 145 Å². The second kappa shape index (κ2) is 8.87. The van der Waals surface area contributed by atoms with Crippen LogP contribution in [0.5, 0.6) is 0 Å². The van der Waals surface area contributed by atoms with Gasteiger partial charge in [0.15, 0.2) is 0 Å². The summed E-state index contributed by atoms with van der Waals surface area (Å²) in [6.07, 6.45) is 2.36. The summed E-state index contributed by atoms with van der Waals surface area (Å²) in [5, 5.41) is 4.56. The van der Waals surface area contributed by atoms with E-state index in [4.69, 9.17) is 0 Å². The number of halogens is 3. The molecule has 1 aromatic carbocycles. The summed E-state index contributed by atoms with van der Waals surface area (Å²) in [5.74, 6) is -1.55. The first-order valence-corrected chi connectivity index (χ1v) is 8.59. The molecule has 1 fully saturated rings. The number of para-hydroxylation sites is 1. The molecule has 2 N–H and O–H groups in total. The van der Waals surface area contributed by atoms with Crippen LogP contribution in [-0.2, 0) is 16.1 Å². The number of amides is 2. The van der Waals surface area contributed by atoms with Crippen LogP contribution in [0.4, 0.5) is 18.9 Å². The van der Waals surface area contributed by atoms with E-state index >= 15 is 0 Å². The minimum Gasteiger partial charge on any atom is -0.352 e. The maximum absolute atomic E-state index is 12.4. The fourth-order valence-electron chi connectivity index (χ4n) is 3.08. The van der Waals surface area contributed by atoms with Crippen molar-refractivity contribution in [3.05, 3.63) is 29.8 Å². The van der Waals surface area contributed by atoms with Crippen molar-refractivity contribution in [3.63, 3.8) is 0 Å². The van der Waals surface area contributed by atoms with Crippen LogP contribution in [0, 0.1) is 5.92 Å². The van der Waals surface area contributed by atoms with Crippen LogP contribution in [-0.4, -0.2) is 18.0 Å². The van der Waals surface area contributed by atoms with Crippen LogP contribution in [0.15, 0.2) is 24.3 Å². The fourth-order valence-corrected chi connectivity index (χ4v) is 3.08. The summed E-state index contributed by atoms with van der Waals surface area (Å²) in [6.45, 7) is 0.0812. The molecule has 0 heterocycles. The first kappa shape index (κ1) is 19.3. The van der Waals surface area contributed by atoms with E-state index in [1.807, 2.05) is 5.32 Å². The normalized spacial score (nSPS) is 15.6. The molecule has 0 aromatic heterocycles. The fraction of sp³-hybridized carbons (Fsp3) is 0.556. The second-order valence-electron chi connectivity index (χ2n) is 6.43. The Balaban J connectivity index is 1.83. The molecule has 138 valence electrons. The van der Waals surface area contributed by atoms with E-state index < -0.39 is 12.1 Å². The smallest absolute Gasteiger partial charge is 0.352 e. The first-order chi connectivity index (χ1) is 11.9. The molecule has 1 aromatic rings. The van der Waals surface area contributed by atoms with Crippen LogP contribution in [0.1, 0.15) is 50.5 Å². The molecule has 1 saturated carbocycles. The van der Waals surface area contributed by atoms with Crippen LogP contribution in [0.2, 0.25) is 0 Å². The number of hydrogen-bond acceptors (Lipinski definition) is 2. The summed E-state index contributed by atoms with van der Waals surface area (Å²) in [7, 11) is 0. The van der Waals surface area contributed by atoms with Gasteiger partial charge in [0.1, 0.15) is 0 Å². The van der Waals surface area contributed by atoms with Gasteiger partial charge in [-0.2, -0.15) is 13.2 Å². The zero-order chi connectivity index (χ0) is 18.3. The molecule has 1 aliphatic rings. The zero-order valence-electron chi connectivity index (χ0n) is 14.0. The summed E-state index contributed by atoms with van der Waals surface area (Å²) in [4.78, 5) is 23.1. The first-order valence-electron chi connectivity index (χ1n) is 8.59. The Kier molecular flexibility index (Phi) is 6.84. The molecule has 0 bridgehead atoms. The third kappa shape index (κ3) is 6.40. The van der Waals surface area contributed by atoms with Gasteiger partial charge in [-0.15, -0.1) is 0 Å². The molecule has 0 aliphatic heterocycles. The number of anilines is 1. The molecule has 7 heteroatoms. The minimum absolute atomic E-state index is 0.0532. The third-order valence-corrected chi connectivity index (χ3v) is 4.50. The van der Waals surface area contributed by atoms with E-state index in [9.17, 15) is 22.8 Å². The van der Waals surface area contributed by atoms with Crippen molar-refractivity contribution in [2.75, 3.05) is 5.32 Å². The van der Waals surface area contributed by atoms with Gasteiger partial charge in [-0.05, 0) is 24.0 Å². The highest BCUT2D eigenvalue weighted by atomic mass is 19.4. The Bertz CT molecular complexity index is 596. The summed E-state index contributed by atoms with van der Waals surface area (Å²) >= 11 is 0. The van der Waals surface area contributed by atoms with Gasteiger partial charge in [0.2, 0.25) is 5.91 Å². The van der Waals surface area contributed by atoms with Crippen molar-refractivity contribution in [2.24, 2.45) is 5.92 Å². The standard InChI is InChI=1S/C18H23F3N2O2/c19-18(20,21)17(25)23-15-9-5-4-8-14(15)12-22-16(24)11-10-13-6-2-1-3-7-13/h4-5,8-9,13H,1-3,6-7,10-12H2,(H,22,24)(H,23,25). The molecular weight excluding hydrogens is 333 g/mol. The lowest BCUT2D eigenvalue weighted by Crippen LogP contribution is -2.31. The van der Waals surface area contributed by atoms with Gasteiger partial charge in [-0.25, -0.2) is 0 Å². The van der Waals surface area contributed by atoms with E-state index in [1.54, 1.807) is 12.1 Å². The van der Waals surface area contributed by atoms with E-state index in [0.29, 0.717) is 17.9 Å². The number of benzene rings is 1. The Morgan fingerprint density at radius 1 is 1.08 bits per heavy atom. The highest BCUT2D eigenvalue weighted by molar-refractivity contribution is 5.95. The SMILES string of the molecule is O=C(CCC1CCCCC1)NCc1ccccc1NC(=O)C(F)(F)F. The monoisotopic (exact) mass is 356 g/mol. The molecule has 0 saturated heterocycles. The number of carbonyl (C=O) groups excluding carboxylic acids is 2. The van der Waals surface area contributed by atoms with Crippen molar-refractivity contribution >= 4 is 17.5 Å². The molecule has 0 atom stereocenters. The van der Waals surface area contributed by atoms with Crippen LogP contribution in [0.25, 0.3) is 0 Å². The Morgan fingerprint density at radius 3 is 2.44 bits per heavy atom. The van der Waals surface area contributed by atoms with Gasteiger partial charge < -0.3 is 10.6 Å². The van der Waals surface area contributed by atoms with Crippen molar-refractivity contribution < 1.29 is 22.8 Å². The zero-order valence-corrected chi connectivity index (χ0v) is 14.0. The topological polar surface area (TPSA) is 58.2 Å². The second-order valence-corrected chi connectivity index (χ2v) is 6.43. The number of carbonyl (C=O) groups is 2. The molecule has 25 heavy (non-hydrogen) atoms. The number of rotatable bonds is 6. The lowest BCUT2D eigenvalue weighted by atomic mass is 9.86. The van der Waals surface area contributed by atoms with Gasteiger partial charge >= 0.3 is 12.1 Å². The minimum atomic E-state index is -4.95. The maximum atomic E-state index is 12.4. The molecule has 0 unspecified atom stereocenters. The highest BCUT2D eigenvalue weighted by Gasteiger charge is 2.38. The van der Waals surface area contributed by atoms with Gasteiger partial charge in [0.25, 0.3) is 0 Å². The van der Waals surface area contributed by atoms with Crippen LogP contribution < -0.4 is 10.6 Å². The van der Waals surface area contributed by atoms with E-state index in [-0.39, 0.29) is 18.1 Å². The van der Waals surface area contributed by atoms with Crippen molar-refractivity contribution in [2.45, 2.75) is 57.7 Å². The van der Waals surface area contributed by atoms with Crippen LogP contribution in [0.3, 0.4) is 0 Å². The number of alkyl halides is 3. The summed E-state index contributed by atoms with van der Waals surface area (Å²) < 4.78 is 37.1. The molecule has 1 aliphatic carbocycles. The van der Waals surface area contributed by atoms with Gasteiger partial charge in [-0.1, -0.05) is 50.3 Å². The van der Waals surface area contributed by atoms with Gasteiger partial charge in [-0.3, -0.25) is 9.59 Å².